The van der Waals surface area contributed by atoms with Crippen LogP contribution in [0.25, 0.3) is 11.5 Å². The second kappa shape index (κ2) is 5.41. The van der Waals surface area contributed by atoms with Gasteiger partial charge >= 0.3 is 0 Å². The zero-order chi connectivity index (χ0) is 13.1. The van der Waals surface area contributed by atoms with Crippen LogP contribution in [0.3, 0.4) is 0 Å². The smallest absolute Gasteiger partial charge is 0.234 e. The number of nitrogens with zero attached hydrogens (tertiary/aromatic N) is 4. The van der Waals surface area contributed by atoms with Gasteiger partial charge in [-0.25, -0.2) is 4.98 Å². The molecule has 0 aromatic carbocycles. The number of hydrogen-bond acceptors (Lipinski definition) is 7. The zero-order valence-electron chi connectivity index (χ0n) is 10.6. The number of aromatic nitrogens is 4. The maximum atomic E-state index is 5.47. The minimum absolute atomic E-state index is 0.0953. The molecule has 1 N–H and O–H groups in total. The van der Waals surface area contributed by atoms with Crippen LogP contribution in [0.4, 0.5) is 0 Å². The highest BCUT2D eigenvalue weighted by Crippen LogP contribution is 2.25. The first-order valence-electron chi connectivity index (χ1n) is 6.29. The van der Waals surface area contributed by atoms with Gasteiger partial charge in [-0.05, 0) is 6.54 Å². The van der Waals surface area contributed by atoms with E-state index >= 15 is 0 Å². The predicted molar refractivity (Wildman–Crippen MR) is 66.3 cm³/mol. The molecule has 0 aliphatic carbocycles. The van der Waals surface area contributed by atoms with Gasteiger partial charge in [-0.2, -0.15) is 4.98 Å². The summed E-state index contributed by atoms with van der Waals surface area (Å²) in [6.07, 6.45) is 4.82. The topological polar surface area (TPSA) is 86.0 Å². The number of rotatable bonds is 4. The lowest BCUT2D eigenvalue weighted by Gasteiger charge is -2.13. The fourth-order valence-corrected chi connectivity index (χ4v) is 2.17. The summed E-state index contributed by atoms with van der Waals surface area (Å²) in [6, 6.07) is 0.222. The summed E-state index contributed by atoms with van der Waals surface area (Å²) in [4.78, 5) is 12.5. The summed E-state index contributed by atoms with van der Waals surface area (Å²) in [5, 5.41) is 7.31. The van der Waals surface area contributed by atoms with Crippen molar-refractivity contribution < 1.29 is 9.26 Å². The van der Waals surface area contributed by atoms with Crippen LogP contribution < -0.4 is 5.32 Å². The highest BCUT2D eigenvalue weighted by molar-refractivity contribution is 5.45. The fraction of sp³-hybridized carbons (Fsp3) is 0.500. The second-order valence-corrected chi connectivity index (χ2v) is 4.35. The molecule has 2 unspecified atom stereocenters. The molecule has 0 saturated carbocycles. The van der Waals surface area contributed by atoms with Gasteiger partial charge in [0, 0.05) is 18.4 Å². The Balaban J connectivity index is 1.81. The van der Waals surface area contributed by atoms with E-state index in [1.807, 2.05) is 0 Å². The Morgan fingerprint density at radius 1 is 1.37 bits per heavy atom. The van der Waals surface area contributed by atoms with E-state index in [1.165, 1.54) is 0 Å². The average molecular weight is 261 g/mol. The van der Waals surface area contributed by atoms with Crippen LogP contribution in [0.5, 0.6) is 0 Å². The number of nitrogens with one attached hydrogen (secondary N) is 1. The van der Waals surface area contributed by atoms with Gasteiger partial charge in [-0.3, -0.25) is 4.98 Å². The minimum Gasteiger partial charge on any atom is -0.379 e. The van der Waals surface area contributed by atoms with Gasteiger partial charge in [0.25, 0.3) is 0 Å². The lowest BCUT2D eigenvalue weighted by Crippen LogP contribution is -2.34. The maximum absolute atomic E-state index is 5.47. The molecule has 0 bridgehead atoms. The molecule has 3 rings (SSSR count). The highest BCUT2D eigenvalue weighted by Gasteiger charge is 2.33. The van der Waals surface area contributed by atoms with Crippen molar-refractivity contribution in [1.29, 1.82) is 0 Å². The summed E-state index contributed by atoms with van der Waals surface area (Å²) >= 11 is 0. The van der Waals surface area contributed by atoms with Crippen LogP contribution in [0.15, 0.2) is 23.1 Å². The van der Waals surface area contributed by atoms with Crippen LogP contribution in [-0.4, -0.2) is 45.9 Å². The molecule has 1 aliphatic rings. The van der Waals surface area contributed by atoms with Crippen LogP contribution in [0.1, 0.15) is 18.7 Å². The van der Waals surface area contributed by atoms with E-state index in [2.05, 4.69) is 32.3 Å². The quantitative estimate of drug-likeness (QED) is 0.863. The third-order valence-electron chi connectivity index (χ3n) is 3.10. The first-order valence-corrected chi connectivity index (χ1v) is 6.29. The Labute approximate surface area is 110 Å². The maximum Gasteiger partial charge on any atom is 0.234 e. The van der Waals surface area contributed by atoms with Gasteiger partial charge in [0.15, 0.2) is 0 Å². The van der Waals surface area contributed by atoms with E-state index in [0.717, 1.165) is 6.54 Å². The normalized spacial score (nSPS) is 22.8. The van der Waals surface area contributed by atoms with Gasteiger partial charge in [0.05, 0.1) is 25.3 Å². The molecule has 0 spiro atoms. The molecular weight excluding hydrogens is 246 g/mol. The Bertz CT molecular complexity index is 530. The Kier molecular flexibility index (Phi) is 3.47. The molecule has 1 saturated heterocycles. The van der Waals surface area contributed by atoms with Gasteiger partial charge < -0.3 is 14.6 Å². The monoisotopic (exact) mass is 261 g/mol. The van der Waals surface area contributed by atoms with Gasteiger partial charge in [-0.1, -0.05) is 12.1 Å². The van der Waals surface area contributed by atoms with E-state index < -0.39 is 0 Å². The number of ether oxygens (including phenoxy) is 1. The Morgan fingerprint density at radius 2 is 2.32 bits per heavy atom. The van der Waals surface area contributed by atoms with Crippen molar-refractivity contribution in [3.8, 4) is 11.5 Å². The molecule has 100 valence electrons. The van der Waals surface area contributed by atoms with Crippen molar-refractivity contribution in [1.82, 2.24) is 25.4 Å². The van der Waals surface area contributed by atoms with Crippen molar-refractivity contribution in [2.45, 2.75) is 18.9 Å². The van der Waals surface area contributed by atoms with Crippen LogP contribution in [-0.2, 0) is 4.74 Å². The minimum atomic E-state index is 0.0953. The molecule has 2 atom stereocenters. The Morgan fingerprint density at radius 3 is 3.11 bits per heavy atom. The second-order valence-electron chi connectivity index (χ2n) is 4.35. The molecule has 7 heteroatoms. The lowest BCUT2D eigenvalue weighted by molar-refractivity contribution is 0.185. The molecule has 0 radical (unpaired) electrons. The predicted octanol–water partition coefficient (Wildman–Crippen LogP) is 0.618. The van der Waals surface area contributed by atoms with Crippen LogP contribution in [0, 0.1) is 0 Å². The van der Waals surface area contributed by atoms with Crippen molar-refractivity contribution in [2.24, 2.45) is 0 Å². The summed E-state index contributed by atoms with van der Waals surface area (Å²) in [5.74, 6) is 1.15. The highest BCUT2D eigenvalue weighted by atomic mass is 16.5. The van der Waals surface area contributed by atoms with Crippen molar-refractivity contribution in [3.63, 3.8) is 0 Å². The van der Waals surface area contributed by atoms with E-state index in [1.54, 1.807) is 18.6 Å². The molecule has 2 aromatic heterocycles. The molecule has 7 nitrogen and oxygen atoms in total. The van der Waals surface area contributed by atoms with E-state index in [9.17, 15) is 0 Å². The first kappa shape index (κ1) is 12.2. The summed E-state index contributed by atoms with van der Waals surface area (Å²) < 4.78 is 10.8. The molecule has 19 heavy (non-hydrogen) atoms. The summed E-state index contributed by atoms with van der Waals surface area (Å²) in [7, 11) is 0. The molecule has 0 amide bonds. The summed E-state index contributed by atoms with van der Waals surface area (Å²) in [5.41, 5.74) is 0.608. The summed E-state index contributed by atoms with van der Waals surface area (Å²) in [6.45, 7) is 4.21. The van der Waals surface area contributed by atoms with E-state index in [4.69, 9.17) is 9.26 Å². The molecule has 1 aliphatic heterocycles. The SMILES string of the molecule is CCNC1COCC1c1nc(-c2cnccn2)no1. The largest absolute Gasteiger partial charge is 0.379 e. The van der Waals surface area contributed by atoms with Gasteiger partial charge in [0.1, 0.15) is 5.69 Å². The fourth-order valence-electron chi connectivity index (χ4n) is 2.17. The first-order chi connectivity index (χ1) is 9.38. The molecule has 3 heterocycles. The molecule has 2 aromatic rings. The molecule has 1 fully saturated rings. The van der Waals surface area contributed by atoms with Gasteiger partial charge in [-0.15, -0.1) is 0 Å². The van der Waals surface area contributed by atoms with Crippen molar-refractivity contribution >= 4 is 0 Å². The third-order valence-corrected chi connectivity index (χ3v) is 3.10. The zero-order valence-corrected chi connectivity index (χ0v) is 10.6. The third kappa shape index (κ3) is 2.47. The van der Waals surface area contributed by atoms with Crippen molar-refractivity contribution in [2.75, 3.05) is 19.8 Å². The molecular formula is C12H15N5O2. The van der Waals surface area contributed by atoms with E-state index in [0.29, 0.717) is 30.6 Å². The van der Waals surface area contributed by atoms with E-state index in [-0.39, 0.29) is 12.0 Å². The number of likely N-dealkylation sites (N-methyl/N-ethyl adjacent to an activating group) is 1. The van der Waals surface area contributed by atoms with Crippen LogP contribution in [0.2, 0.25) is 0 Å². The number of hydrogen-bond donors (Lipinski definition) is 1. The van der Waals surface area contributed by atoms with Gasteiger partial charge in [0.2, 0.25) is 11.7 Å². The average Bonchev–Trinajstić information content (AvgIpc) is 3.08. The lowest BCUT2D eigenvalue weighted by atomic mass is 10.0. The Hall–Kier alpha value is -1.86. The van der Waals surface area contributed by atoms with Crippen LogP contribution >= 0.6 is 0 Å². The standard InChI is InChI=1S/C12H15N5O2/c1-2-14-10-7-18-6-8(10)12-16-11(17-19-12)9-5-13-3-4-15-9/h3-5,8,10,14H,2,6-7H2,1H3. The van der Waals surface area contributed by atoms with Crippen molar-refractivity contribution in [3.05, 3.63) is 24.5 Å².